The van der Waals surface area contributed by atoms with E-state index in [2.05, 4.69) is 65.9 Å². The minimum atomic E-state index is 0.0323. The van der Waals surface area contributed by atoms with Crippen molar-refractivity contribution in [2.24, 2.45) is 16.7 Å². The summed E-state index contributed by atoms with van der Waals surface area (Å²) in [5, 5.41) is 3.12. The first-order valence-electron chi connectivity index (χ1n) is 6.92. The molecule has 18 heavy (non-hydrogen) atoms. The fraction of sp³-hybridized carbons (Fsp3) is 0.933. The fourth-order valence-electron chi connectivity index (χ4n) is 2.55. The van der Waals surface area contributed by atoms with E-state index in [4.69, 9.17) is 0 Å². The molecule has 0 bridgehead atoms. The summed E-state index contributed by atoms with van der Waals surface area (Å²) >= 11 is 0. The molecule has 0 aliphatic rings. The number of hydrogen-bond donors (Lipinski definition) is 1. The first kappa shape index (κ1) is 17.4. The number of carbonyl (C=O) groups excluding carboxylic acids is 1. The average Bonchev–Trinajstić information content (AvgIpc) is 2.11. The molecule has 0 aromatic carbocycles. The second-order valence-corrected chi connectivity index (χ2v) is 7.45. The van der Waals surface area contributed by atoms with Crippen LogP contribution < -0.4 is 5.32 Å². The van der Waals surface area contributed by atoms with Crippen LogP contribution in [0.25, 0.3) is 0 Å². The molecule has 0 heterocycles. The lowest BCUT2D eigenvalue weighted by atomic mass is 9.78. The van der Waals surface area contributed by atoms with Crippen molar-refractivity contribution in [2.75, 3.05) is 27.2 Å². The maximum Gasteiger partial charge on any atom is 0.223 e. The zero-order valence-corrected chi connectivity index (χ0v) is 13.6. The van der Waals surface area contributed by atoms with Crippen LogP contribution in [0.5, 0.6) is 0 Å². The van der Waals surface area contributed by atoms with Crippen LogP contribution >= 0.6 is 0 Å². The van der Waals surface area contributed by atoms with Gasteiger partial charge in [-0.2, -0.15) is 0 Å². The molecule has 0 aliphatic carbocycles. The number of amides is 1. The van der Waals surface area contributed by atoms with Gasteiger partial charge in [0.1, 0.15) is 0 Å². The van der Waals surface area contributed by atoms with Gasteiger partial charge in [-0.25, -0.2) is 0 Å². The van der Waals surface area contributed by atoms with Crippen molar-refractivity contribution >= 4 is 5.91 Å². The Morgan fingerprint density at radius 2 is 1.67 bits per heavy atom. The van der Waals surface area contributed by atoms with Gasteiger partial charge in [0.15, 0.2) is 0 Å². The van der Waals surface area contributed by atoms with Gasteiger partial charge in [-0.1, -0.05) is 41.5 Å². The van der Waals surface area contributed by atoms with E-state index in [1.165, 1.54) is 0 Å². The van der Waals surface area contributed by atoms with Crippen molar-refractivity contribution in [2.45, 2.75) is 48.0 Å². The fourth-order valence-corrected chi connectivity index (χ4v) is 2.55. The highest BCUT2D eigenvalue weighted by atomic mass is 16.1. The molecule has 1 unspecified atom stereocenters. The van der Waals surface area contributed by atoms with Crippen molar-refractivity contribution in [1.29, 1.82) is 0 Å². The summed E-state index contributed by atoms with van der Waals surface area (Å²) in [5.74, 6) is 0.282. The number of hydrogen-bond acceptors (Lipinski definition) is 2. The maximum atomic E-state index is 12.2. The van der Waals surface area contributed by atoms with E-state index in [1.54, 1.807) is 0 Å². The number of rotatable bonds is 6. The van der Waals surface area contributed by atoms with Crippen LogP contribution in [0.1, 0.15) is 48.0 Å². The predicted octanol–water partition coefficient (Wildman–Crippen LogP) is 2.76. The second kappa shape index (κ2) is 6.55. The summed E-state index contributed by atoms with van der Waals surface area (Å²) in [4.78, 5) is 14.4. The predicted molar refractivity (Wildman–Crippen MR) is 78.6 cm³/mol. The van der Waals surface area contributed by atoms with Gasteiger partial charge >= 0.3 is 0 Å². The Morgan fingerprint density at radius 3 is 2.00 bits per heavy atom. The van der Waals surface area contributed by atoms with Crippen molar-refractivity contribution < 1.29 is 4.79 Å². The molecule has 108 valence electrons. The zero-order valence-electron chi connectivity index (χ0n) is 13.6. The molecular weight excluding hydrogens is 224 g/mol. The molecule has 0 fully saturated rings. The third-order valence-electron chi connectivity index (χ3n) is 3.26. The molecular formula is C15H32N2O. The van der Waals surface area contributed by atoms with Gasteiger partial charge in [0.05, 0.1) is 0 Å². The summed E-state index contributed by atoms with van der Waals surface area (Å²) in [6.45, 7) is 14.6. The minimum absolute atomic E-state index is 0.0323. The van der Waals surface area contributed by atoms with Crippen LogP contribution in [0.4, 0.5) is 0 Å². The molecule has 0 aromatic heterocycles. The van der Waals surface area contributed by atoms with Crippen LogP contribution in [-0.2, 0) is 4.79 Å². The topological polar surface area (TPSA) is 32.3 Å². The average molecular weight is 256 g/mol. The summed E-state index contributed by atoms with van der Waals surface area (Å²) in [5.41, 5.74) is 0.139. The van der Waals surface area contributed by atoms with Crippen LogP contribution in [-0.4, -0.2) is 38.0 Å². The molecule has 1 atom stereocenters. The molecule has 0 spiro atoms. The normalized spacial score (nSPS) is 14.7. The highest BCUT2D eigenvalue weighted by Gasteiger charge is 2.30. The van der Waals surface area contributed by atoms with Crippen molar-refractivity contribution in [3.8, 4) is 0 Å². The van der Waals surface area contributed by atoms with E-state index in [1.807, 2.05) is 0 Å². The standard InChI is InChI=1S/C15H32N2O/c1-9-12(14(2,3)4)13(18)16-10-15(5,6)11-17(7)8/h12H,9-11H2,1-8H3,(H,16,18). The zero-order chi connectivity index (χ0) is 14.6. The molecule has 3 nitrogen and oxygen atoms in total. The van der Waals surface area contributed by atoms with Gasteiger partial charge in [0.25, 0.3) is 0 Å². The Balaban J connectivity index is 4.41. The molecule has 0 aromatic rings. The third kappa shape index (κ3) is 6.39. The van der Waals surface area contributed by atoms with Gasteiger partial charge < -0.3 is 10.2 Å². The van der Waals surface area contributed by atoms with Crippen molar-refractivity contribution in [1.82, 2.24) is 10.2 Å². The van der Waals surface area contributed by atoms with Gasteiger partial charge in [-0.15, -0.1) is 0 Å². The van der Waals surface area contributed by atoms with E-state index in [-0.39, 0.29) is 22.7 Å². The second-order valence-electron chi connectivity index (χ2n) is 7.45. The quantitative estimate of drug-likeness (QED) is 0.792. The van der Waals surface area contributed by atoms with Crippen LogP contribution in [0.15, 0.2) is 0 Å². The van der Waals surface area contributed by atoms with E-state index in [9.17, 15) is 4.79 Å². The molecule has 3 heteroatoms. The summed E-state index contributed by atoms with van der Waals surface area (Å²) in [6.07, 6.45) is 0.892. The lowest BCUT2D eigenvalue weighted by molar-refractivity contribution is -0.128. The Hall–Kier alpha value is -0.570. The minimum Gasteiger partial charge on any atom is -0.355 e. The molecule has 0 rings (SSSR count). The molecule has 0 radical (unpaired) electrons. The highest BCUT2D eigenvalue weighted by Crippen LogP contribution is 2.28. The van der Waals surface area contributed by atoms with Crippen LogP contribution in [0.2, 0.25) is 0 Å². The molecule has 1 amide bonds. The van der Waals surface area contributed by atoms with Crippen molar-refractivity contribution in [3.63, 3.8) is 0 Å². The largest absolute Gasteiger partial charge is 0.355 e. The first-order valence-corrected chi connectivity index (χ1v) is 6.92. The molecule has 0 saturated heterocycles. The molecule has 1 N–H and O–H groups in total. The third-order valence-corrected chi connectivity index (χ3v) is 3.26. The highest BCUT2D eigenvalue weighted by molar-refractivity contribution is 5.79. The molecule has 0 aliphatic heterocycles. The number of nitrogens with zero attached hydrogens (tertiary/aromatic N) is 1. The summed E-state index contributed by atoms with van der Waals surface area (Å²) < 4.78 is 0. The van der Waals surface area contributed by atoms with Gasteiger partial charge in [-0.05, 0) is 31.3 Å². The van der Waals surface area contributed by atoms with E-state index < -0.39 is 0 Å². The Bertz CT molecular complexity index is 264. The molecule has 0 saturated carbocycles. The van der Waals surface area contributed by atoms with Gasteiger partial charge in [0.2, 0.25) is 5.91 Å². The lowest BCUT2D eigenvalue weighted by Gasteiger charge is -2.32. The smallest absolute Gasteiger partial charge is 0.223 e. The van der Waals surface area contributed by atoms with Gasteiger partial charge in [-0.3, -0.25) is 4.79 Å². The summed E-state index contributed by atoms with van der Waals surface area (Å²) in [7, 11) is 4.13. The Morgan fingerprint density at radius 1 is 1.17 bits per heavy atom. The number of carbonyl (C=O) groups is 1. The Kier molecular flexibility index (Phi) is 6.35. The van der Waals surface area contributed by atoms with E-state index in [0.717, 1.165) is 19.5 Å². The van der Waals surface area contributed by atoms with E-state index >= 15 is 0 Å². The monoisotopic (exact) mass is 256 g/mol. The SMILES string of the molecule is CCC(C(=O)NCC(C)(C)CN(C)C)C(C)(C)C. The number of nitrogens with one attached hydrogen (secondary N) is 1. The van der Waals surface area contributed by atoms with E-state index in [0.29, 0.717) is 0 Å². The lowest BCUT2D eigenvalue weighted by Crippen LogP contribution is -2.44. The first-order chi connectivity index (χ1) is 7.99. The maximum absolute atomic E-state index is 12.2. The van der Waals surface area contributed by atoms with Crippen molar-refractivity contribution in [3.05, 3.63) is 0 Å². The summed E-state index contributed by atoms with van der Waals surface area (Å²) in [6, 6.07) is 0. The Labute approximate surface area is 113 Å². The van der Waals surface area contributed by atoms with Crippen LogP contribution in [0.3, 0.4) is 0 Å². The van der Waals surface area contributed by atoms with Gasteiger partial charge in [0, 0.05) is 19.0 Å². The van der Waals surface area contributed by atoms with Crippen LogP contribution in [0, 0.1) is 16.7 Å².